The fourth-order valence-corrected chi connectivity index (χ4v) is 1.29. The van der Waals surface area contributed by atoms with Crippen molar-refractivity contribution in [2.75, 3.05) is 0 Å². The maximum atomic E-state index is 9.11. The summed E-state index contributed by atoms with van der Waals surface area (Å²) in [4.78, 5) is 2.97. The van der Waals surface area contributed by atoms with Gasteiger partial charge in [-0.1, -0.05) is 24.3 Å². The summed E-state index contributed by atoms with van der Waals surface area (Å²) in [5.74, 6) is 0.293. The topological polar surface area (TPSA) is 34.4 Å². The number of pyridine rings is 1. The Kier molecular flexibility index (Phi) is 2.79. The van der Waals surface area contributed by atoms with Crippen molar-refractivity contribution in [3.05, 3.63) is 59.9 Å². The minimum atomic E-state index is 0.293. The molecule has 0 aliphatic heterocycles. The van der Waals surface area contributed by atoms with Crippen LogP contribution in [-0.4, -0.2) is 5.11 Å². The maximum Gasteiger partial charge on any atom is 0.167 e. The molecule has 0 atom stereocenters. The molecule has 0 radical (unpaired) electrons. The third-order valence-corrected chi connectivity index (χ3v) is 2.11. The fourth-order valence-electron chi connectivity index (χ4n) is 1.29. The van der Waals surface area contributed by atoms with Gasteiger partial charge in [0.1, 0.15) is 5.75 Å². The van der Waals surface area contributed by atoms with Gasteiger partial charge in [-0.15, -0.1) is 0 Å². The van der Waals surface area contributed by atoms with E-state index in [0.29, 0.717) is 5.75 Å². The van der Waals surface area contributed by atoms with Gasteiger partial charge in [0.15, 0.2) is 12.4 Å². The number of hydrogen-bond acceptors (Lipinski definition) is 1. The fraction of sp³-hybridized carbons (Fsp3) is 0. The highest BCUT2D eigenvalue weighted by Gasteiger charge is 1.89. The first-order valence-corrected chi connectivity index (χ1v) is 4.78. The predicted molar refractivity (Wildman–Crippen MR) is 60.0 cm³/mol. The maximum absolute atomic E-state index is 9.11. The van der Waals surface area contributed by atoms with E-state index in [4.69, 9.17) is 5.11 Å². The molecule has 0 saturated carbocycles. The largest absolute Gasteiger partial charge is 0.508 e. The third kappa shape index (κ3) is 2.68. The van der Waals surface area contributed by atoms with Crippen LogP contribution < -0.4 is 4.98 Å². The van der Waals surface area contributed by atoms with E-state index in [0.717, 1.165) is 11.1 Å². The number of benzene rings is 1. The minimum absolute atomic E-state index is 0.293. The molecule has 1 heterocycles. The molecule has 2 N–H and O–H groups in total. The molecule has 0 aliphatic carbocycles. The Labute approximate surface area is 88.5 Å². The summed E-state index contributed by atoms with van der Waals surface area (Å²) in [5, 5.41) is 9.11. The van der Waals surface area contributed by atoms with E-state index in [-0.39, 0.29) is 0 Å². The van der Waals surface area contributed by atoms with Crippen LogP contribution in [0.2, 0.25) is 0 Å². The van der Waals surface area contributed by atoms with Crippen LogP contribution in [-0.2, 0) is 0 Å². The summed E-state index contributed by atoms with van der Waals surface area (Å²) in [6.07, 6.45) is 7.81. The van der Waals surface area contributed by atoms with Gasteiger partial charge < -0.3 is 5.11 Å². The van der Waals surface area contributed by atoms with Crippen molar-refractivity contribution in [1.82, 2.24) is 0 Å². The number of hydrogen-bond donors (Lipinski definition) is 1. The lowest BCUT2D eigenvalue weighted by molar-refractivity contribution is -0.378. The van der Waals surface area contributed by atoms with Crippen molar-refractivity contribution in [2.45, 2.75) is 0 Å². The lowest BCUT2D eigenvalue weighted by Gasteiger charge is -1.93. The summed E-state index contributed by atoms with van der Waals surface area (Å²) in [5.41, 5.74) is 2.21. The quantitative estimate of drug-likeness (QED) is 0.789. The SMILES string of the molecule is Oc1ccc(C=Cc2cc[nH+]cc2)cc1. The monoisotopic (exact) mass is 198 g/mol. The molecule has 0 amide bonds. The summed E-state index contributed by atoms with van der Waals surface area (Å²) >= 11 is 0. The molecule has 0 spiro atoms. The molecule has 15 heavy (non-hydrogen) atoms. The average Bonchev–Trinajstić information content (AvgIpc) is 2.30. The molecule has 1 aromatic heterocycles. The van der Waals surface area contributed by atoms with Crippen LogP contribution in [0.4, 0.5) is 0 Å². The minimum Gasteiger partial charge on any atom is -0.508 e. The molecule has 0 bridgehead atoms. The zero-order valence-electron chi connectivity index (χ0n) is 8.22. The highest BCUT2D eigenvalue weighted by atomic mass is 16.3. The van der Waals surface area contributed by atoms with E-state index >= 15 is 0 Å². The molecule has 2 rings (SSSR count). The lowest BCUT2D eigenvalue weighted by atomic mass is 10.1. The number of rotatable bonds is 2. The van der Waals surface area contributed by atoms with E-state index in [1.807, 2.05) is 48.8 Å². The van der Waals surface area contributed by atoms with Gasteiger partial charge in [0.2, 0.25) is 0 Å². The molecule has 74 valence electrons. The summed E-state index contributed by atoms with van der Waals surface area (Å²) < 4.78 is 0. The summed E-state index contributed by atoms with van der Waals surface area (Å²) in [6.45, 7) is 0. The highest BCUT2D eigenvalue weighted by molar-refractivity contribution is 5.69. The van der Waals surface area contributed by atoms with Crippen LogP contribution in [0.3, 0.4) is 0 Å². The Bertz CT molecular complexity index is 446. The number of aromatic hydroxyl groups is 1. The van der Waals surface area contributed by atoms with Crippen LogP contribution >= 0.6 is 0 Å². The molecule has 0 aliphatic rings. The summed E-state index contributed by atoms with van der Waals surface area (Å²) in [6, 6.07) is 11.1. The van der Waals surface area contributed by atoms with Crippen molar-refractivity contribution in [3.8, 4) is 5.75 Å². The molecule has 2 nitrogen and oxygen atoms in total. The van der Waals surface area contributed by atoms with Crippen molar-refractivity contribution < 1.29 is 10.1 Å². The smallest absolute Gasteiger partial charge is 0.167 e. The highest BCUT2D eigenvalue weighted by Crippen LogP contribution is 2.12. The van der Waals surface area contributed by atoms with E-state index < -0.39 is 0 Å². The lowest BCUT2D eigenvalue weighted by Crippen LogP contribution is -1.96. The van der Waals surface area contributed by atoms with Crippen molar-refractivity contribution in [3.63, 3.8) is 0 Å². The number of aromatic amines is 1. The molecule has 1 aromatic carbocycles. The van der Waals surface area contributed by atoms with E-state index in [1.165, 1.54) is 0 Å². The first-order valence-electron chi connectivity index (χ1n) is 4.78. The van der Waals surface area contributed by atoms with Gasteiger partial charge in [-0.05, 0) is 23.3 Å². The van der Waals surface area contributed by atoms with Crippen molar-refractivity contribution >= 4 is 12.2 Å². The Hall–Kier alpha value is -2.09. The second kappa shape index (κ2) is 4.42. The van der Waals surface area contributed by atoms with E-state index in [1.54, 1.807) is 12.1 Å². The molecule has 2 heteroatoms. The van der Waals surface area contributed by atoms with E-state index in [2.05, 4.69) is 4.98 Å². The standard InChI is InChI=1S/C13H11NO/c15-13-5-3-11(4-6-13)1-2-12-7-9-14-10-8-12/h1-10,15H/p+1. The van der Waals surface area contributed by atoms with Crippen LogP contribution in [0.15, 0.2) is 48.8 Å². The van der Waals surface area contributed by atoms with Gasteiger partial charge in [0.05, 0.1) is 0 Å². The Morgan fingerprint density at radius 1 is 0.800 bits per heavy atom. The molecule has 2 aromatic rings. The molecule has 0 saturated heterocycles. The Balaban J connectivity index is 2.15. The van der Waals surface area contributed by atoms with Gasteiger partial charge >= 0.3 is 0 Å². The van der Waals surface area contributed by atoms with Gasteiger partial charge in [0, 0.05) is 12.1 Å². The van der Waals surface area contributed by atoms with Gasteiger partial charge in [-0.3, -0.25) is 0 Å². The average molecular weight is 198 g/mol. The Morgan fingerprint density at radius 2 is 1.33 bits per heavy atom. The van der Waals surface area contributed by atoms with E-state index in [9.17, 15) is 0 Å². The van der Waals surface area contributed by atoms with Gasteiger partial charge in [-0.25, -0.2) is 4.98 Å². The zero-order valence-corrected chi connectivity index (χ0v) is 8.22. The van der Waals surface area contributed by atoms with Crippen LogP contribution in [0.1, 0.15) is 11.1 Å². The normalized spacial score (nSPS) is 10.7. The van der Waals surface area contributed by atoms with Gasteiger partial charge in [0.25, 0.3) is 0 Å². The van der Waals surface area contributed by atoms with Crippen molar-refractivity contribution in [1.29, 1.82) is 0 Å². The van der Waals surface area contributed by atoms with Crippen molar-refractivity contribution in [2.24, 2.45) is 0 Å². The molecule has 0 fully saturated rings. The molecular formula is C13H12NO+. The number of aromatic nitrogens is 1. The first kappa shape index (κ1) is 9.46. The number of H-pyrrole nitrogens is 1. The summed E-state index contributed by atoms with van der Waals surface area (Å²) in [7, 11) is 0. The molecular weight excluding hydrogens is 186 g/mol. The molecule has 0 unspecified atom stereocenters. The Morgan fingerprint density at radius 3 is 1.93 bits per heavy atom. The zero-order chi connectivity index (χ0) is 10.5. The number of phenolic OH excluding ortho intramolecular Hbond substituents is 1. The first-order chi connectivity index (χ1) is 7.34. The van der Waals surface area contributed by atoms with Gasteiger partial charge in [-0.2, -0.15) is 0 Å². The van der Waals surface area contributed by atoms with Crippen LogP contribution in [0.25, 0.3) is 12.2 Å². The third-order valence-electron chi connectivity index (χ3n) is 2.11. The van der Waals surface area contributed by atoms with Crippen LogP contribution in [0, 0.1) is 0 Å². The second-order valence-electron chi connectivity index (χ2n) is 3.26. The predicted octanol–water partition coefficient (Wildman–Crippen LogP) is 2.38. The number of nitrogens with one attached hydrogen (secondary N) is 1. The second-order valence-corrected chi connectivity index (χ2v) is 3.26. The van der Waals surface area contributed by atoms with Crippen LogP contribution in [0.5, 0.6) is 5.75 Å². The number of phenols is 1.